The van der Waals surface area contributed by atoms with Gasteiger partial charge in [-0.25, -0.2) is 9.36 Å². The number of nitrogens with zero attached hydrogens (tertiary/aromatic N) is 5. The molecule has 1 saturated carbocycles. The minimum Gasteiger partial charge on any atom is -0.465 e. The van der Waals surface area contributed by atoms with Crippen molar-refractivity contribution in [3.63, 3.8) is 0 Å². The summed E-state index contributed by atoms with van der Waals surface area (Å²) in [6, 6.07) is 10.9. The van der Waals surface area contributed by atoms with Crippen molar-refractivity contribution in [2.24, 2.45) is 5.73 Å². The lowest BCUT2D eigenvalue weighted by Crippen LogP contribution is -2.41. The fraction of sp³-hybridized carbons (Fsp3) is 0.435. The van der Waals surface area contributed by atoms with E-state index in [1.807, 2.05) is 18.2 Å². The number of carbonyl (C=O) groups is 1. The Hall–Kier alpha value is -3.04. The molecule has 3 aromatic rings. The monoisotopic (exact) mass is 470 g/mol. The number of halogens is 1. The van der Waals surface area contributed by atoms with E-state index < -0.39 is 5.97 Å². The van der Waals surface area contributed by atoms with Crippen LogP contribution in [0.15, 0.2) is 47.4 Å². The zero-order chi connectivity index (χ0) is 23.4. The van der Waals surface area contributed by atoms with Crippen molar-refractivity contribution in [1.29, 1.82) is 0 Å². The van der Waals surface area contributed by atoms with Crippen LogP contribution in [0.4, 0.5) is 0 Å². The van der Waals surface area contributed by atoms with Crippen molar-refractivity contribution in [2.75, 3.05) is 13.2 Å². The van der Waals surface area contributed by atoms with Crippen molar-refractivity contribution in [3.8, 4) is 11.4 Å². The molecule has 174 valence electrons. The minimum atomic E-state index is -0.392. The van der Waals surface area contributed by atoms with Crippen LogP contribution in [-0.4, -0.2) is 43.9 Å². The maximum Gasteiger partial charge on any atom is 0.327 e. The topological polar surface area (TPSA) is 118 Å². The van der Waals surface area contributed by atoms with Gasteiger partial charge in [0.05, 0.1) is 18.8 Å². The molecule has 2 aromatic heterocycles. The smallest absolute Gasteiger partial charge is 0.327 e. The van der Waals surface area contributed by atoms with E-state index in [2.05, 4.69) is 21.5 Å². The fourth-order valence-corrected chi connectivity index (χ4v) is 4.67. The van der Waals surface area contributed by atoms with Gasteiger partial charge in [0.2, 0.25) is 0 Å². The first-order chi connectivity index (χ1) is 15.9. The Kier molecular flexibility index (Phi) is 6.90. The van der Waals surface area contributed by atoms with E-state index in [-0.39, 0.29) is 23.6 Å². The van der Waals surface area contributed by atoms with E-state index in [1.54, 1.807) is 19.2 Å². The molecule has 1 aromatic carbocycles. The lowest BCUT2D eigenvalue weighted by atomic mass is 9.68. The lowest BCUT2D eigenvalue weighted by Gasteiger charge is -2.40. The van der Waals surface area contributed by atoms with Gasteiger partial charge in [-0.2, -0.15) is 5.10 Å². The first-order valence-electron chi connectivity index (χ1n) is 11.1. The van der Waals surface area contributed by atoms with Crippen LogP contribution >= 0.6 is 11.6 Å². The van der Waals surface area contributed by atoms with Gasteiger partial charge in [-0.3, -0.25) is 9.59 Å². The van der Waals surface area contributed by atoms with Crippen molar-refractivity contribution >= 4 is 17.6 Å². The molecule has 1 aliphatic rings. The number of hydrogen-bond acceptors (Lipinski definition) is 7. The molecular formula is C23H27ClN6O3. The maximum atomic E-state index is 12.6. The van der Waals surface area contributed by atoms with Gasteiger partial charge in [-0.15, -0.1) is 5.10 Å². The van der Waals surface area contributed by atoms with Crippen LogP contribution in [0.1, 0.15) is 44.2 Å². The number of aromatic nitrogens is 5. The van der Waals surface area contributed by atoms with Gasteiger partial charge >= 0.3 is 5.97 Å². The van der Waals surface area contributed by atoms with Gasteiger partial charge in [0.15, 0.2) is 0 Å². The molecule has 9 nitrogen and oxygen atoms in total. The number of ether oxygens (including phenoxy) is 1. The van der Waals surface area contributed by atoms with Crippen LogP contribution in [-0.2, 0) is 21.5 Å². The van der Waals surface area contributed by atoms with E-state index in [4.69, 9.17) is 22.1 Å². The SMILES string of the molecule is CCOC(=O)Cn1cc(-c2ccc(=O)n([C@H]3CC[C@](CN)(c4cccc(Cl)c4)CC3)n2)nn1. The average molecular weight is 471 g/mol. The maximum absolute atomic E-state index is 12.6. The van der Waals surface area contributed by atoms with E-state index in [1.165, 1.54) is 15.4 Å². The second-order valence-electron chi connectivity index (χ2n) is 8.33. The minimum absolute atomic E-state index is 0.0340. The Balaban J connectivity index is 1.52. The van der Waals surface area contributed by atoms with Gasteiger partial charge in [0.25, 0.3) is 5.56 Å². The van der Waals surface area contributed by atoms with Gasteiger partial charge in [0, 0.05) is 23.0 Å². The Morgan fingerprint density at radius 2 is 2.03 bits per heavy atom. The molecule has 4 rings (SSSR count). The Morgan fingerprint density at radius 3 is 2.73 bits per heavy atom. The van der Waals surface area contributed by atoms with Crippen molar-refractivity contribution in [3.05, 3.63) is 63.5 Å². The summed E-state index contributed by atoms with van der Waals surface area (Å²) in [6.07, 6.45) is 4.84. The van der Waals surface area contributed by atoms with E-state index in [0.717, 1.165) is 31.2 Å². The second kappa shape index (κ2) is 9.84. The van der Waals surface area contributed by atoms with Crippen LogP contribution < -0.4 is 11.3 Å². The molecule has 0 aliphatic heterocycles. The lowest BCUT2D eigenvalue weighted by molar-refractivity contribution is -0.144. The van der Waals surface area contributed by atoms with Crippen LogP contribution in [0, 0.1) is 0 Å². The van der Waals surface area contributed by atoms with Crippen LogP contribution in [0.5, 0.6) is 0 Å². The normalized spacial score (nSPS) is 20.5. The quantitative estimate of drug-likeness (QED) is 0.527. The highest BCUT2D eigenvalue weighted by Crippen LogP contribution is 2.42. The number of benzene rings is 1. The molecule has 0 radical (unpaired) electrons. The van der Waals surface area contributed by atoms with E-state index >= 15 is 0 Å². The molecule has 1 fully saturated rings. The highest BCUT2D eigenvalue weighted by Gasteiger charge is 2.37. The molecule has 0 atom stereocenters. The predicted octanol–water partition coefficient (Wildman–Crippen LogP) is 2.73. The third kappa shape index (κ3) is 4.99. The summed E-state index contributed by atoms with van der Waals surface area (Å²) in [4.78, 5) is 24.3. The molecule has 1 aliphatic carbocycles. The third-order valence-corrected chi connectivity index (χ3v) is 6.54. The van der Waals surface area contributed by atoms with Gasteiger partial charge in [0.1, 0.15) is 17.9 Å². The Labute approximate surface area is 196 Å². The highest BCUT2D eigenvalue weighted by atomic mass is 35.5. The molecule has 0 spiro atoms. The average Bonchev–Trinajstić information content (AvgIpc) is 3.28. The van der Waals surface area contributed by atoms with Crippen molar-refractivity contribution < 1.29 is 9.53 Å². The molecule has 33 heavy (non-hydrogen) atoms. The van der Waals surface area contributed by atoms with Gasteiger partial charge in [-0.1, -0.05) is 28.9 Å². The van der Waals surface area contributed by atoms with E-state index in [0.29, 0.717) is 29.6 Å². The molecule has 2 heterocycles. The summed E-state index contributed by atoms with van der Waals surface area (Å²) in [6.45, 7) is 2.53. The number of carbonyl (C=O) groups excluding carboxylic acids is 1. The zero-order valence-electron chi connectivity index (χ0n) is 18.5. The number of nitrogens with two attached hydrogens (primary N) is 1. The molecule has 0 unspecified atom stereocenters. The first kappa shape index (κ1) is 23.1. The van der Waals surface area contributed by atoms with Crippen molar-refractivity contribution in [2.45, 2.75) is 50.6 Å². The third-order valence-electron chi connectivity index (χ3n) is 6.31. The number of rotatable bonds is 7. The van der Waals surface area contributed by atoms with Crippen LogP contribution in [0.25, 0.3) is 11.4 Å². The zero-order valence-corrected chi connectivity index (χ0v) is 19.2. The second-order valence-corrected chi connectivity index (χ2v) is 8.77. The summed E-state index contributed by atoms with van der Waals surface area (Å²) in [7, 11) is 0. The number of hydrogen-bond donors (Lipinski definition) is 1. The standard InChI is InChI=1S/C23H27ClN6O3/c1-2-33-22(32)14-29-13-20(26-28-29)19-6-7-21(31)30(27-19)18-8-10-23(15-25,11-9-18)16-4-3-5-17(24)12-16/h3-7,12-13,18H,2,8-11,14-15,25H2,1H3/t18-,23-. The molecular weight excluding hydrogens is 444 g/mol. The Morgan fingerprint density at radius 1 is 1.24 bits per heavy atom. The molecule has 0 saturated heterocycles. The summed E-state index contributed by atoms with van der Waals surface area (Å²) < 4.78 is 7.87. The van der Waals surface area contributed by atoms with Gasteiger partial charge < -0.3 is 10.5 Å². The summed E-state index contributed by atoms with van der Waals surface area (Å²) >= 11 is 6.21. The summed E-state index contributed by atoms with van der Waals surface area (Å²) in [5.74, 6) is -0.392. The number of esters is 1. The first-order valence-corrected chi connectivity index (χ1v) is 11.4. The largest absolute Gasteiger partial charge is 0.465 e. The predicted molar refractivity (Wildman–Crippen MR) is 124 cm³/mol. The van der Waals surface area contributed by atoms with E-state index in [9.17, 15) is 9.59 Å². The highest BCUT2D eigenvalue weighted by molar-refractivity contribution is 6.30. The van der Waals surface area contributed by atoms with Crippen LogP contribution in [0.2, 0.25) is 5.02 Å². The van der Waals surface area contributed by atoms with Crippen molar-refractivity contribution in [1.82, 2.24) is 24.8 Å². The van der Waals surface area contributed by atoms with Gasteiger partial charge in [-0.05, 0) is 56.4 Å². The van der Waals surface area contributed by atoms with Crippen LogP contribution in [0.3, 0.4) is 0 Å². The fourth-order valence-electron chi connectivity index (χ4n) is 4.48. The molecule has 0 amide bonds. The molecule has 10 heteroatoms. The molecule has 0 bridgehead atoms. The molecule has 2 N–H and O–H groups in total. The Bertz CT molecular complexity index is 1180. The summed E-state index contributed by atoms with van der Waals surface area (Å²) in [5, 5.41) is 13.3. The summed E-state index contributed by atoms with van der Waals surface area (Å²) in [5.41, 5.74) is 8.05.